The number of hydrogen-bond acceptors (Lipinski definition) is 3. The molecule has 0 aromatic heterocycles. The van der Waals surface area contributed by atoms with Crippen LogP contribution in [-0.4, -0.2) is 36.0 Å². The summed E-state index contributed by atoms with van der Waals surface area (Å²) < 4.78 is 0. The van der Waals surface area contributed by atoms with E-state index in [4.69, 9.17) is 0 Å². The van der Waals surface area contributed by atoms with Gasteiger partial charge in [0.25, 0.3) is 0 Å². The summed E-state index contributed by atoms with van der Waals surface area (Å²) in [5, 5.41) is 6.44. The standard InChI is InChI=1S/C16H23N3O/c1-11(20)17-12-3-5-13(6-4-12)18-14-9-15-7-8-16(10-14)19(15)2/h3-6,14-16,18H,7-10H2,1-2H3,(H,17,20). The number of nitrogens with zero attached hydrogens (tertiary/aromatic N) is 1. The van der Waals surface area contributed by atoms with Gasteiger partial charge < -0.3 is 15.5 Å². The lowest BCUT2D eigenvalue weighted by Crippen LogP contribution is -2.44. The number of hydrogen-bond donors (Lipinski definition) is 2. The second-order valence-corrected chi connectivity index (χ2v) is 6.12. The number of benzene rings is 1. The van der Waals surface area contributed by atoms with E-state index in [2.05, 4.69) is 22.6 Å². The molecule has 0 spiro atoms. The number of rotatable bonds is 3. The highest BCUT2D eigenvalue weighted by molar-refractivity contribution is 5.88. The van der Waals surface area contributed by atoms with Gasteiger partial charge in [-0.15, -0.1) is 0 Å². The fourth-order valence-corrected chi connectivity index (χ4v) is 3.62. The molecule has 108 valence electrons. The molecular formula is C16H23N3O. The van der Waals surface area contributed by atoms with Gasteiger partial charge in [-0.05, 0) is 57.0 Å². The molecule has 2 unspecified atom stereocenters. The first kappa shape index (κ1) is 13.4. The molecule has 2 N–H and O–H groups in total. The number of anilines is 2. The minimum atomic E-state index is -0.0300. The molecule has 0 aliphatic carbocycles. The van der Waals surface area contributed by atoms with E-state index in [-0.39, 0.29) is 5.91 Å². The highest BCUT2D eigenvalue weighted by atomic mass is 16.1. The molecule has 0 radical (unpaired) electrons. The van der Waals surface area contributed by atoms with Crippen LogP contribution >= 0.6 is 0 Å². The predicted octanol–water partition coefficient (Wildman–Crippen LogP) is 2.68. The molecule has 1 amide bonds. The average Bonchev–Trinajstić information content (AvgIpc) is 2.63. The van der Waals surface area contributed by atoms with E-state index in [1.54, 1.807) is 0 Å². The van der Waals surface area contributed by atoms with E-state index < -0.39 is 0 Å². The van der Waals surface area contributed by atoms with Crippen LogP contribution in [-0.2, 0) is 4.79 Å². The van der Waals surface area contributed by atoms with Gasteiger partial charge in [-0.2, -0.15) is 0 Å². The SMILES string of the molecule is CC(=O)Nc1ccc(NC2CC3CCC(C2)N3C)cc1. The van der Waals surface area contributed by atoms with Crippen LogP contribution < -0.4 is 10.6 Å². The van der Waals surface area contributed by atoms with Crippen molar-refractivity contribution >= 4 is 17.3 Å². The Bertz CT molecular complexity index is 471. The molecule has 2 aliphatic rings. The van der Waals surface area contributed by atoms with Gasteiger partial charge in [0.05, 0.1) is 0 Å². The lowest BCUT2D eigenvalue weighted by molar-refractivity contribution is -0.114. The maximum atomic E-state index is 11.0. The molecule has 0 saturated carbocycles. The quantitative estimate of drug-likeness (QED) is 0.890. The zero-order chi connectivity index (χ0) is 14.1. The van der Waals surface area contributed by atoms with Crippen molar-refractivity contribution in [3.8, 4) is 0 Å². The van der Waals surface area contributed by atoms with Crippen molar-refractivity contribution in [1.82, 2.24) is 4.90 Å². The second-order valence-electron chi connectivity index (χ2n) is 6.12. The molecule has 1 aromatic rings. The van der Waals surface area contributed by atoms with E-state index in [1.165, 1.54) is 32.6 Å². The fourth-order valence-electron chi connectivity index (χ4n) is 3.62. The Morgan fingerprint density at radius 3 is 2.20 bits per heavy atom. The van der Waals surface area contributed by atoms with E-state index in [9.17, 15) is 4.79 Å². The lowest BCUT2D eigenvalue weighted by Gasteiger charge is -2.37. The van der Waals surface area contributed by atoms with Crippen LogP contribution in [0.1, 0.15) is 32.6 Å². The molecule has 2 saturated heterocycles. The van der Waals surface area contributed by atoms with Crippen molar-refractivity contribution in [3.05, 3.63) is 24.3 Å². The monoisotopic (exact) mass is 273 g/mol. The van der Waals surface area contributed by atoms with Gasteiger partial charge in [-0.25, -0.2) is 0 Å². The third-order valence-corrected chi connectivity index (χ3v) is 4.67. The number of nitrogens with one attached hydrogen (secondary N) is 2. The highest BCUT2D eigenvalue weighted by Gasteiger charge is 2.38. The summed E-state index contributed by atoms with van der Waals surface area (Å²) in [7, 11) is 2.26. The number of carbonyl (C=O) groups is 1. The van der Waals surface area contributed by atoms with E-state index in [0.29, 0.717) is 6.04 Å². The Morgan fingerprint density at radius 1 is 1.10 bits per heavy atom. The molecule has 2 heterocycles. The van der Waals surface area contributed by atoms with Crippen molar-refractivity contribution in [1.29, 1.82) is 0 Å². The van der Waals surface area contributed by atoms with E-state index in [1.807, 2.05) is 24.3 Å². The zero-order valence-electron chi connectivity index (χ0n) is 12.2. The summed E-state index contributed by atoms with van der Waals surface area (Å²) in [6, 6.07) is 10.1. The molecule has 3 rings (SSSR count). The summed E-state index contributed by atoms with van der Waals surface area (Å²) in [5.74, 6) is -0.0300. The Morgan fingerprint density at radius 2 is 1.65 bits per heavy atom. The predicted molar refractivity (Wildman–Crippen MR) is 82.0 cm³/mol. The van der Waals surface area contributed by atoms with Gasteiger partial charge in [-0.1, -0.05) is 0 Å². The minimum absolute atomic E-state index is 0.0300. The van der Waals surface area contributed by atoms with Crippen molar-refractivity contribution in [2.45, 2.75) is 50.7 Å². The largest absolute Gasteiger partial charge is 0.382 e. The van der Waals surface area contributed by atoms with Crippen molar-refractivity contribution < 1.29 is 4.79 Å². The minimum Gasteiger partial charge on any atom is -0.382 e. The molecule has 2 bridgehead atoms. The Kier molecular flexibility index (Phi) is 3.66. The van der Waals surface area contributed by atoms with Gasteiger partial charge in [0.1, 0.15) is 0 Å². The van der Waals surface area contributed by atoms with Crippen LogP contribution in [0, 0.1) is 0 Å². The van der Waals surface area contributed by atoms with Gasteiger partial charge in [0.15, 0.2) is 0 Å². The van der Waals surface area contributed by atoms with Gasteiger partial charge >= 0.3 is 0 Å². The first-order chi connectivity index (χ1) is 9.61. The van der Waals surface area contributed by atoms with Crippen LogP contribution in [0.3, 0.4) is 0 Å². The van der Waals surface area contributed by atoms with Gasteiger partial charge in [0.2, 0.25) is 5.91 Å². The first-order valence-corrected chi connectivity index (χ1v) is 7.48. The van der Waals surface area contributed by atoms with Gasteiger partial charge in [-0.3, -0.25) is 4.79 Å². The molecule has 4 heteroatoms. The Hall–Kier alpha value is -1.55. The van der Waals surface area contributed by atoms with Crippen molar-refractivity contribution in [2.75, 3.05) is 17.7 Å². The number of piperidine rings is 1. The summed E-state index contributed by atoms with van der Waals surface area (Å²) in [6.07, 6.45) is 5.17. The summed E-state index contributed by atoms with van der Waals surface area (Å²) in [6.45, 7) is 1.53. The average molecular weight is 273 g/mol. The number of carbonyl (C=O) groups excluding carboxylic acids is 1. The summed E-state index contributed by atoms with van der Waals surface area (Å²) in [5.41, 5.74) is 2.00. The van der Waals surface area contributed by atoms with Crippen molar-refractivity contribution in [3.63, 3.8) is 0 Å². The van der Waals surface area contributed by atoms with Crippen LogP contribution in [0.15, 0.2) is 24.3 Å². The van der Waals surface area contributed by atoms with Crippen LogP contribution in [0.5, 0.6) is 0 Å². The number of fused-ring (bicyclic) bond motifs is 2. The fraction of sp³-hybridized carbons (Fsp3) is 0.562. The highest BCUT2D eigenvalue weighted by Crippen LogP contribution is 2.35. The van der Waals surface area contributed by atoms with Crippen LogP contribution in [0.25, 0.3) is 0 Å². The second kappa shape index (κ2) is 5.44. The van der Waals surface area contributed by atoms with E-state index >= 15 is 0 Å². The maximum absolute atomic E-state index is 11.0. The van der Waals surface area contributed by atoms with Crippen LogP contribution in [0.4, 0.5) is 11.4 Å². The topological polar surface area (TPSA) is 44.4 Å². The molecule has 1 aromatic carbocycles. The molecule has 20 heavy (non-hydrogen) atoms. The molecule has 2 fully saturated rings. The number of amides is 1. The Balaban J connectivity index is 1.60. The summed E-state index contributed by atoms with van der Waals surface area (Å²) in [4.78, 5) is 13.5. The van der Waals surface area contributed by atoms with Gasteiger partial charge in [0, 0.05) is 36.4 Å². The van der Waals surface area contributed by atoms with E-state index in [0.717, 1.165) is 23.5 Å². The van der Waals surface area contributed by atoms with Crippen LogP contribution in [0.2, 0.25) is 0 Å². The molecule has 2 atom stereocenters. The Labute approximate surface area is 120 Å². The lowest BCUT2D eigenvalue weighted by atomic mass is 9.98. The summed E-state index contributed by atoms with van der Waals surface area (Å²) >= 11 is 0. The zero-order valence-corrected chi connectivity index (χ0v) is 12.2. The maximum Gasteiger partial charge on any atom is 0.221 e. The molecular weight excluding hydrogens is 250 g/mol. The first-order valence-electron chi connectivity index (χ1n) is 7.48. The van der Waals surface area contributed by atoms with Crippen molar-refractivity contribution in [2.24, 2.45) is 0 Å². The molecule has 4 nitrogen and oxygen atoms in total. The smallest absolute Gasteiger partial charge is 0.221 e. The molecule has 2 aliphatic heterocycles. The normalized spacial score (nSPS) is 29.2. The third kappa shape index (κ3) is 2.80. The third-order valence-electron chi connectivity index (χ3n) is 4.67.